The lowest BCUT2D eigenvalue weighted by molar-refractivity contribution is -0.147. The summed E-state index contributed by atoms with van der Waals surface area (Å²) >= 11 is 0. The van der Waals surface area contributed by atoms with Crippen molar-refractivity contribution < 1.29 is 9.53 Å². The van der Waals surface area contributed by atoms with Crippen LogP contribution in [0.2, 0.25) is 0 Å². The Morgan fingerprint density at radius 3 is 2.79 bits per heavy atom. The van der Waals surface area contributed by atoms with Crippen molar-refractivity contribution in [2.24, 2.45) is 11.8 Å². The van der Waals surface area contributed by atoms with Gasteiger partial charge in [-0.05, 0) is 31.7 Å². The minimum atomic E-state index is -0.0399. The molecule has 0 spiro atoms. The molecule has 1 saturated carbocycles. The third-order valence-electron chi connectivity index (χ3n) is 3.57. The largest absolute Gasteiger partial charge is 0.465 e. The highest BCUT2D eigenvalue weighted by molar-refractivity contribution is 5.76. The fraction of sp³-hybridized carbons (Fsp3) is 0.909. The normalized spacial score (nSPS) is 32.6. The Labute approximate surface area is 85.2 Å². The van der Waals surface area contributed by atoms with Gasteiger partial charge in [-0.25, -0.2) is 0 Å². The number of nitrogens with one attached hydrogen (secondary N) is 1. The highest BCUT2D eigenvalue weighted by Gasteiger charge is 2.40. The topological polar surface area (TPSA) is 38.3 Å². The molecule has 2 fully saturated rings. The first-order chi connectivity index (χ1) is 6.83. The Kier molecular flexibility index (Phi) is 3.06. The van der Waals surface area contributed by atoms with E-state index in [1.807, 2.05) is 6.92 Å². The van der Waals surface area contributed by atoms with Gasteiger partial charge in [0, 0.05) is 0 Å². The third kappa shape index (κ3) is 1.78. The number of hydrogen-bond acceptors (Lipinski definition) is 3. The number of esters is 1. The van der Waals surface area contributed by atoms with Gasteiger partial charge in [0.1, 0.15) is 6.04 Å². The van der Waals surface area contributed by atoms with Crippen LogP contribution in [0, 0.1) is 11.8 Å². The van der Waals surface area contributed by atoms with Gasteiger partial charge in [-0.2, -0.15) is 0 Å². The predicted octanol–water partition coefficient (Wildman–Crippen LogP) is 1.33. The molecule has 2 atom stereocenters. The molecular weight excluding hydrogens is 178 g/mol. The van der Waals surface area contributed by atoms with Crippen molar-refractivity contribution in [1.82, 2.24) is 5.32 Å². The van der Waals surface area contributed by atoms with Gasteiger partial charge < -0.3 is 10.1 Å². The molecule has 14 heavy (non-hydrogen) atoms. The van der Waals surface area contributed by atoms with E-state index in [0.717, 1.165) is 18.9 Å². The monoisotopic (exact) mass is 197 g/mol. The van der Waals surface area contributed by atoms with E-state index in [4.69, 9.17) is 4.74 Å². The lowest BCUT2D eigenvalue weighted by atomic mass is 9.73. The van der Waals surface area contributed by atoms with Crippen LogP contribution in [0.1, 0.15) is 32.6 Å². The van der Waals surface area contributed by atoms with E-state index in [1.165, 1.54) is 19.3 Å². The summed E-state index contributed by atoms with van der Waals surface area (Å²) < 4.78 is 5.07. The van der Waals surface area contributed by atoms with Crippen LogP contribution in [0.4, 0.5) is 0 Å². The van der Waals surface area contributed by atoms with Crippen LogP contribution in [0.25, 0.3) is 0 Å². The van der Waals surface area contributed by atoms with E-state index in [1.54, 1.807) is 0 Å². The van der Waals surface area contributed by atoms with Crippen molar-refractivity contribution in [3.05, 3.63) is 0 Å². The van der Waals surface area contributed by atoms with Gasteiger partial charge in [0.15, 0.2) is 0 Å². The highest BCUT2D eigenvalue weighted by atomic mass is 16.5. The van der Waals surface area contributed by atoms with Crippen molar-refractivity contribution in [3.8, 4) is 0 Å². The smallest absolute Gasteiger partial charge is 0.323 e. The first-order valence-corrected chi connectivity index (χ1v) is 5.73. The molecule has 0 unspecified atom stereocenters. The van der Waals surface area contributed by atoms with E-state index in [9.17, 15) is 4.79 Å². The quantitative estimate of drug-likeness (QED) is 0.694. The molecule has 80 valence electrons. The molecule has 2 rings (SSSR count). The fourth-order valence-electron chi connectivity index (χ4n) is 2.59. The Balaban J connectivity index is 1.92. The average molecular weight is 197 g/mol. The van der Waals surface area contributed by atoms with Gasteiger partial charge in [0.2, 0.25) is 0 Å². The standard InChI is InChI=1S/C11H19NO2/c1-2-14-11(13)10-9(6-7-12-10)8-4-3-5-8/h8-10,12H,2-7H2,1H3/t9-,10-/m0/s1. The average Bonchev–Trinajstić information content (AvgIpc) is 2.50. The lowest BCUT2D eigenvalue weighted by Gasteiger charge is -2.33. The second-order valence-electron chi connectivity index (χ2n) is 4.33. The maximum absolute atomic E-state index is 11.6. The van der Waals surface area contributed by atoms with Crippen molar-refractivity contribution in [2.45, 2.75) is 38.6 Å². The first kappa shape index (κ1) is 9.97. The van der Waals surface area contributed by atoms with Crippen LogP contribution in [0.15, 0.2) is 0 Å². The zero-order valence-corrected chi connectivity index (χ0v) is 8.79. The maximum Gasteiger partial charge on any atom is 0.323 e. The van der Waals surface area contributed by atoms with E-state index in [2.05, 4.69) is 5.32 Å². The summed E-state index contributed by atoms with van der Waals surface area (Å²) in [7, 11) is 0. The molecule has 1 heterocycles. The van der Waals surface area contributed by atoms with Gasteiger partial charge in [-0.1, -0.05) is 19.3 Å². The zero-order chi connectivity index (χ0) is 9.97. The van der Waals surface area contributed by atoms with Crippen molar-refractivity contribution in [2.75, 3.05) is 13.2 Å². The van der Waals surface area contributed by atoms with Gasteiger partial charge in [0.25, 0.3) is 0 Å². The molecular formula is C11H19NO2. The van der Waals surface area contributed by atoms with Gasteiger partial charge in [0.05, 0.1) is 6.61 Å². The molecule has 0 aromatic heterocycles. The molecule has 0 bridgehead atoms. The van der Waals surface area contributed by atoms with Crippen LogP contribution in [-0.2, 0) is 9.53 Å². The predicted molar refractivity (Wildman–Crippen MR) is 53.9 cm³/mol. The van der Waals surface area contributed by atoms with E-state index >= 15 is 0 Å². The summed E-state index contributed by atoms with van der Waals surface area (Å²) in [5, 5.41) is 3.27. The lowest BCUT2D eigenvalue weighted by Crippen LogP contribution is -2.41. The fourth-order valence-corrected chi connectivity index (χ4v) is 2.59. The first-order valence-electron chi connectivity index (χ1n) is 5.73. The third-order valence-corrected chi connectivity index (χ3v) is 3.57. The van der Waals surface area contributed by atoms with E-state index < -0.39 is 0 Å². The molecule has 1 saturated heterocycles. The molecule has 3 nitrogen and oxygen atoms in total. The SMILES string of the molecule is CCOC(=O)[C@H]1NCC[C@H]1C1CCC1. The highest BCUT2D eigenvalue weighted by Crippen LogP contribution is 2.38. The molecule has 3 heteroatoms. The summed E-state index contributed by atoms with van der Waals surface area (Å²) in [4.78, 5) is 11.6. The molecule has 1 N–H and O–H groups in total. The second kappa shape index (κ2) is 4.30. The number of hydrogen-bond donors (Lipinski definition) is 1. The molecule has 0 aromatic carbocycles. The zero-order valence-electron chi connectivity index (χ0n) is 8.79. The Morgan fingerprint density at radius 1 is 1.43 bits per heavy atom. The minimum Gasteiger partial charge on any atom is -0.465 e. The Morgan fingerprint density at radius 2 is 2.21 bits per heavy atom. The Hall–Kier alpha value is -0.570. The number of rotatable bonds is 3. The van der Waals surface area contributed by atoms with Crippen LogP contribution in [0.5, 0.6) is 0 Å². The molecule has 2 aliphatic rings. The van der Waals surface area contributed by atoms with Crippen molar-refractivity contribution >= 4 is 5.97 Å². The van der Waals surface area contributed by atoms with E-state index in [-0.39, 0.29) is 12.0 Å². The van der Waals surface area contributed by atoms with E-state index in [0.29, 0.717) is 12.5 Å². The number of carbonyl (C=O) groups is 1. The van der Waals surface area contributed by atoms with Crippen LogP contribution in [0.3, 0.4) is 0 Å². The summed E-state index contributed by atoms with van der Waals surface area (Å²) in [6.45, 7) is 3.34. The van der Waals surface area contributed by atoms with Gasteiger partial charge >= 0.3 is 5.97 Å². The van der Waals surface area contributed by atoms with Gasteiger partial charge in [-0.15, -0.1) is 0 Å². The minimum absolute atomic E-state index is 0.0137. The van der Waals surface area contributed by atoms with Crippen LogP contribution >= 0.6 is 0 Å². The van der Waals surface area contributed by atoms with Crippen molar-refractivity contribution in [3.63, 3.8) is 0 Å². The number of carbonyl (C=O) groups excluding carboxylic acids is 1. The molecule has 0 radical (unpaired) electrons. The summed E-state index contributed by atoms with van der Waals surface area (Å²) in [6.07, 6.45) is 5.11. The maximum atomic E-state index is 11.6. The summed E-state index contributed by atoms with van der Waals surface area (Å²) in [5.74, 6) is 1.28. The molecule has 1 aliphatic carbocycles. The summed E-state index contributed by atoms with van der Waals surface area (Å²) in [6, 6.07) is -0.0137. The van der Waals surface area contributed by atoms with Crippen LogP contribution in [-0.4, -0.2) is 25.2 Å². The number of ether oxygens (including phenoxy) is 1. The second-order valence-corrected chi connectivity index (χ2v) is 4.33. The molecule has 0 amide bonds. The van der Waals surface area contributed by atoms with Crippen molar-refractivity contribution in [1.29, 1.82) is 0 Å². The molecule has 1 aliphatic heterocycles. The summed E-state index contributed by atoms with van der Waals surface area (Å²) in [5.41, 5.74) is 0. The Bertz CT molecular complexity index is 213. The molecule has 0 aromatic rings. The van der Waals surface area contributed by atoms with Gasteiger partial charge in [-0.3, -0.25) is 4.79 Å². The van der Waals surface area contributed by atoms with Crippen LogP contribution < -0.4 is 5.32 Å².